The van der Waals surface area contributed by atoms with Gasteiger partial charge in [0.1, 0.15) is 4.60 Å². The van der Waals surface area contributed by atoms with E-state index in [1.807, 2.05) is 48.5 Å². The summed E-state index contributed by atoms with van der Waals surface area (Å²) < 4.78 is 6.19. The Morgan fingerprint density at radius 1 is 1.12 bits per heavy atom. The third-order valence-corrected chi connectivity index (χ3v) is 4.88. The Morgan fingerprint density at radius 3 is 2.60 bits per heavy atom. The second-order valence-electron chi connectivity index (χ2n) is 5.72. The summed E-state index contributed by atoms with van der Waals surface area (Å²) in [6, 6.07) is 15.9. The molecule has 0 saturated heterocycles. The van der Waals surface area contributed by atoms with E-state index < -0.39 is 0 Å². The van der Waals surface area contributed by atoms with E-state index in [0.717, 1.165) is 29.4 Å². The zero-order valence-corrected chi connectivity index (χ0v) is 16.2. The van der Waals surface area contributed by atoms with Gasteiger partial charge in [-0.05, 0) is 51.8 Å². The van der Waals surface area contributed by atoms with Crippen LogP contribution in [0.4, 0.5) is 0 Å². The normalized spacial score (nSPS) is 10.8. The molecule has 0 unspecified atom stereocenters. The number of hydrogen-bond acceptors (Lipinski definition) is 4. The molecule has 0 aliphatic rings. The Kier molecular flexibility index (Phi) is 5.66. The highest BCUT2D eigenvalue weighted by Crippen LogP contribution is 2.35. The van der Waals surface area contributed by atoms with Gasteiger partial charge >= 0.3 is 0 Å². The van der Waals surface area contributed by atoms with Crippen molar-refractivity contribution in [2.75, 3.05) is 6.61 Å². The lowest BCUT2D eigenvalue weighted by Crippen LogP contribution is -2.08. The van der Waals surface area contributed by atoms with E-state index in [4.69, 9.17) is 17.0 Å². The third-order valence-electron chi connectivity index (χ3n) is 3.96. The van der Waals surface area contributed by atoms with Crippen LogP contribution in [0.1, 0.15) is 25.5 Å². The van der Waals surface area contributed by atoms with Gasteiger partial charge in [-0.2, -0.15) is 0 Å². The minimum Gasteiger partial charge on any atom is -0.505 e. The van der Waals surface area contributed by atoms with E-state index in [1.54, 1.807) is 0 Å². The van der Waals surface area contributed by atoms with Gasteiger partial charge in [0.2, 0.25) is 5.05 Å². The topological polar surface area (TPSA) is 42.4 Å². The van der Waals surface area contributed by atoms with Gasteiger partial charge < -0.3 is 9.84 Å². The number of nitrogens with zero attached hydrogens (tertiary/aromatic N) is 1. The molecule has 25 heavy (non-hydrogen) atoms. The monoisotopic (exact) mass is 415 g/mol. The van der Waals surface area contributed by atoms with Crippen LogP contribution in [0.5, 0.6) is 5.75 Å². The van der Waals surface area contributed by atoms with Crippen molar-refractivity contribution in [3.05, 3.63) is 58.8 Å². The number of aromatic nitrogens is 1. The van der Waals surface area contributed by atoms with Crippen molar-refractivity contribution < 1.29 is 9.84 Å². The van der Waals surface area contributed by atoms with Crippen molar-refractivity contribution in [3.63, 3.8) is 0 Å². The van der Waals surface area contributed by atoms with E-state index in [-0.39, 0.29) is 10.8 Å². The molecule has 2 aromatic carbocycles. The highest BCUT2D eigenvalue weighted by atomic mass is 79.9. The molecule has 0 bridgehead atoms. The Hall–Kier alpha value is -1.98. The van der Waals surface area contributed by atoms with Crippen molar-refractivity contribution in [2.45, 2.75) is 19.8 Å². The fourth-order valence-corrected chi connectivity index (χ4v) is 3.34. The molecule has 0 fully saturated rings. The van der Waals surface area contributed by atoms with Crippen LogP contribution in [-0.4, -0.2) is 21.7 Å². The Morgan fingerprint density at radius 2 is 1.88 bits per heavy atom. The van der Waals surface area contributed by atoms with Crippen LogP contribution in [0.3, 0.4) is 0 Å². The van der Waals surface area contributed by atoms with Crippen molar-refractivity contribution in [2.24, 2.45) is 0 Å². The highest BCUT2D eigenvalue weighted by Gasteiger charge is 2.17. The van der Waals surface area contributed by atoms with Gasteiger partial charge in [0, 0.05) is 10.8 Å². The van der Waals surface area contributed by atoms with Gasteiger partial charge in [-0.25, -0.2) is 4.98 Å². The van der Waals surface area contributed by atoms with Crippen molar-refractivity contribution >= 4 is 44.0 Å². The summed E-state index contributed by atoms with van der Waals surface area (Å²) in [6.45, 7) is 2.61. The molecular formula is C20H18BrNO2S. The molecule has 3 rings (SSSR count). The lowest BCUT2D eigenvalue weighted by Gasteiger charge is -2.12. The first-order valence-electron chi connectivity index (χ1n) is 8.16. The molecule has 0 saturated carbocycles. The molecule has 3 aromatic rings. The molecule has 0 aliphatic carbocycles. The van der Waals surface area contributed by atoms with E-state index in [0.29, 0.717) is 22.3 Å². The summed E-state index contributed by atoms with van der Waals surface area (Å²) in [6.07, 6.45) is 1.93. The number of aromatic hydroxyl groups is 1. The largest absolute Gasteiger partial charge is 0.505 e. The minimum atomic E-state index is 0.0532. The highest BCUT2D eigenvalue weighted by molar-refractivity contribution is 9.10. The molecule has 0 radical (unpaired) electrons. The summed E-state index contributed by atoms with van der Waals surface area (Å²) in [4.78, 5) is 4.38. The van der Waals surface area contributed by atoms with E-state index >= 15 is 0 Å². The van der Waals surface area contributed by atoms with Crippen LogP contribution in [0.25, 0.3) is 21.9 Å². The summed E-state index contributed by atoms with van der Waals surface area (Å²) in [5.41, 5.74) is 2.40. The first kappa shape index (κ1) is 17.8. The van der Waals surface area contributed by atoms with E-state index in [2.05, 4.69) is 27.8 Å². The summed E-state index contributed by atoms with van der Waals surface area (Å²) in [5.74, 6) is 0.0532. The predicted molar refractivity (Wildman–Crippen MR) is 109 cm³/mol. The summed E-state index contributed by atoms with van der Waals surface area (Å²) in [5, 5.41) is 12.5. The molecule has 0 spiro atoms. The van der Waals surface area contributed by atoms with Gasteiger partial charge in [-0.1, -0.05) is 55.8 Å². The van der Waals surface area contributed by atoms with Crippen molar-refractivity contribution in [3.8, 4) is 16.9 Å². The number of fused-ring (bicyclic) bond motifs is 1. The number of halogens is 1. The Labute approximate surface area is 160 Å². The fraction of sp³-hybridized carbons (Fsp3) is 0.200. The number of unbranched alkanes of at least 4 members (excludes halogenated alkanes) is 1. The molecule has 0 atom stereocenters. The van der Waals surface area contributed by atoms with Gasteiger partial charge in [0.25, 0.3) is 0 Å². The number of ether oxygens (including phenoxy) is 1. The average Bonchev–Trinajstić information content (AvgIpc) is 2.65. The van der Waals surface area contributed by atoms with Gasteiger partial charge in [0.05, 0.1) is 6.61 Å². The zero-order valence-electron chi connectivity index (χ0n) is 13.8. The first-order chi connectivity index (χ1) is 12.1. The van der Waals surface area contributed by atoms with Crippen LogP contribution < -0.4 is 0 Å². The maximum absolute atomic E-state index is 10.7. The van der Waals surface area contributed by atoms with Crippen LogP contribution >= 0.6 is 28.1 Å². The number of hydrogen-bond donors (Lipinski definition) is 1. The maximum atomic E-state index is 10.7. The lowest BCUT2D eigenvalue weighted by molar-refractivity contribution is 0.303. The molecular weight excluding hydrogens is 398 g/mol. The maximum Gasteiger partial charge on any atom is 0.214 e. The molecule has 3 nitrogen and oxygen atoms in total. The first-order valence-corrected chi connectivity index (χ1v) is 9.36. The molecule has 1 N–H and O–H groups in total. The quantitative estimate of drug-likeness (QED) is 0.321. The zero-order chi connectivity index (χ0) is 17.8. The van der Waals surface area contributed by atoms with E-state index in [1.165, 1.54) is 0 Å². The molecule has 1 heterocycles. The molecule has 0 aliphatic heterocycles. The Bertz CT molecular complexity index is 912. The van der Waals surface area contributed by atoms with Gasteiger partial charge in [0.15, 0.2) is 11.4 Å². The summed E-state index contributed by atoms with van der Waals surface area (Å²) >= 11 is 8.78. The second-order valence-corrected chi connectivity index (χ2v) is 6.84. The van der Waals surface area contributed by atoms with Crippen LogP contribution in [0, 0.1) is 0 Å². The van der Waals surface area contributed by atoms with Crippen molar-refractivity contribution in [1.29, 1.82) is 0 Å². The number of thiocarbonyl (C=S) groups is 1. The Balaban J connectivity index is 2.06. The van der Waals surface area contributed by atoms with E-state index in [9.17, 15) is 5.11 Å². The standard InChI is InChI=1S/C20H18BrNO2S/c1-2-3-11-24-20(25)17-18(23)16-12-14(13-7-5-4-6-8-13)9-10-15(16)19(21)22-17/h4-10,12,23H,2-3,11H2,1H3. The SMILES string of the molecule is CCCCOC(=S)c1nc(Br)c2ccc(-c3ccccc3)cc2c1O. The van der Waals surface area contributed by atoms with Crippen molar-refractivity contribution in [1.82, 2.24) is 4.98 Å². The molecule has 5 heteroatoms. The fourth-order valence-electron chi connectivity index (χ4n) is 2.59. The van der Waals surface area contributed by atoms with Gasteiger partial charge in [-0.15, -0.1) is 0 Å². The third kappa shape index (κ3) is 3.83. The molecule has 1 aromatic heterocycles. The number of rotatable bonds is 5. The second kappa shape index (κ2) is 7.93. The predicted octanol–water partition coefficient (Wildman–Crippen LogP) is 5.86. The average molecular weight is 416 g/mol. The molecule has 0 amide bonds. The number of benzene rings is 2. The number of pyridine rings is 1. The van der Waals surface area contributed by atoms with Crippen LogP contribution in [0.15, 0.2) is 53.1 Å². The van der Waals surface area contributed by atoms with Gasteiger partial charge in [-0.3, -0.25) is 0 Å². The smallest absolute Gasteiger partial charge is 0.214 e. The lowest BCUT2D eigenvalue weighted by atomic mass is 10.0. The van der Waals surface area contributed by atoms with Crippen LogP contribution in [-0.2, 0) is 4.74 Å². The minimum absolute atomic E-state index is 0.0532. The van der Waals surface area contributed by atoms with Crippen LogP contribution in [0.2, 0.25) is 0 Å². The summed E-state index contributed by atoms with van der Waals surface area (Å²) in [7, 11) is 0. The molecule has 128 valence electrons.